The number of carbonyl (C=O) groups is 2. The van der Waals surface area contributed by atoms with Crippen LogP contribution in [0.2, 0.25) is 0 Å². The van der Waals surface area contributed by atoms with E-state index in [1.165, 1.54) is 0 Å². The van der Waals surface area contributed by atoms with Crippen LogP contribution in [0.5, 0.6) is 5.75 Å². The highest BCUT2D eigenvalue weighted by Gasteiger charge is 2.42. The summed E-state index contributed by atoms with van der Waals surface area (Å²) in [6.45, 7) is 0.508. The largest absolute Gasteiger partial charge is 0.497 e. The summed E-state index contributed by atoms with van der Waals surface area (Å²) in [6, 6.07) is 18.4. The van der Waals surface area contributed by atoms with Crippen molar-refractivity contribution in [2.75, 3.05) is 20.7 Å². The second kappa shape index (κ2) is 9.00. The Morgan fingerprint density at radius 3 is 2.48 bits per heavy atom. The van der Waals surface area contributed by atoms with Crippen LogP contribution in [0.15, 0.2) is 73.1 Å². The summed E-state index contributed by atoms with van der Waals surface area (Å²) in [5.74, 6) is 0.0379. The molecule has 6 heteroatoms. The third-order valence-corrected chi connectivity index (χ3v) is 5.78. The zero-order valence-corrected chi connectivity index (χ0v) is 17.6. The average Bonchev–Trinajstić information content (AvgIpc) is 2.82. The van der Waals surface area contributed by atoms with E-state index in [-0.39, 0.29) is 11.8 Å². The van der Waals surface area contributed by atoms with Gasteiger partial charge < -0.3 is 15.0 Å². The highest BCUT2D eigenvalue weighted by molar-refractivity contribution is 6.01. The van der Waals surface area contributed by atoms with Gasteiger partial charge in [-0.25, -0.2) is 0 Å². The van der Waals surface area contributed by atoms with Gasteiger partial charge in [0, 0.05) is 31.5 Å². The van der Waals surface area contributed by atoms with Gasteiger partial charge in [0.15, 0.2) is 0 Å². The molecule has 0 unspecified atom stereocenters. The molecule has 6 nitrogen and oxygen atoms in total. The topological polar surface area (TPSA) is 71.5 Å². The van der Waals surface area contributed by atoms with E-state index in [4.69, 9.17) is 4.74 Å². The molecule has 3 aromatic rings. The number of carbonyl (C=O) groups excluding carboxylic acids is 2. The van der Waals surface area contributed by atoms with Crippen LogP contribution in [0.25, 0.3) is 0 Å². The Morgan fingerprint density at radius 1 is 1.06 bits per heavy atom. The number of pyridine rings is 1. The Hall–Kier alpha value is -3.67. The monoisotopic (exact) mass is 415 g/mol. The van der Waals surface area contributed by atoms with Crippen molar-refractivity contribution in [2.24, 2.45) is 0 Å². The van der Waals surface area contributed by atoms with Crippen molar-refractivity contribution < 1.29 is 14.3 Å². The van der Waals surface area contributed by atoms with Crippen LogP contribution in [-0.4, -0.2) is 42.4 Å². The number of rotatable bonds is 6. The van der Waals surface area contributed by atoms with Crippen LogP contribution in [0.4, 0.5) is 0 Å². The Balaban J connectivity index is 1.64. The van der Waals surface area contributed by atoms with Crippen molar-refractivity contribution >= 4 is 11.8 Å². The molecule has 1 aromatic heterocycles. The molecule has 1 aliphatic rings. The first-order valence-electron chi connectivity index (χ1n) is 10.3. The molecule has 2 aromatic carbocycles. The molecule has 0 bridgehead atoms. The normalized spacial score (nSPS) is 17.7. The summed E-state index contributed by atoms with van der Waals surface area (Å²) < 4.78 is 5.27. The summed E-state index contributed by atoms with van der Waals surface area (Å²) in [7, 11) is 3.37. The Bertz CT molecular complexity index is 1070. The number of hydrogen-bond donors (Lipinski definition) is 1. The van der Waals surface area contributed by atoms with Crippen molar-refractivity contribution in [2.45, 2.75) is 18.4 Å². The van der Waals surface area contributed by atoms with E-state index < -0.39 is 12.0 Å². The van der Waals surface area contributed by atoms with E-state index in [0.29, 0.717) is 18.5 Å². The minimum atomic E-state index is -0.510. The van der Waals surface area contributed by atoms with Crippen molar-refractivity contribution in [3.05, 3.63) is 95.3 Å². The lowest BCUT2D eigenvalue weighted by molar-refractivity contribution is -0.124. The lowest BCUT2D eigenvalue weighted by Crippen LogP contribution is -2.45. The van der Waals surface area contributed by atoms with Crippen molar-refractivity contribution in [1.82, 2.24) is 15.2 Å². The van der Waals surface area contributed by atoms with E-state index >= 15 is 0 Å². The third-order valence-electron chi connectivity index (χ3n) is 5.78. The number of aromatic nitrogens is 1. The van der Waals surface area contributed by atoms with Crippen LogP contribution >= 0.6 is 0 Å². The second-order valence-corrected chi connectivity index (χ2v) is 7.60. The molecule has 2 heterocycles. The molecule has 0 spiro atoms. The van der Waals surface area contributed by atoms with E-state index in [2.05, 4.69) is 10.3 Å². The summed E-state index contributed by atoms with van der Waals surface area (Å²) in [5.41, 5.74) is 3.33. The molecule has 2 amide bonds. The van der Waals surface area contributed by atoms with Gasteiger partial charge in [0.1, 0.15) is 5.75 Å². The molecule has 2 atom stereocenters. The zero-order valence-electron chi connectivity index (χ0n) is 17.6. The minimum Gasteiger partial charge on any atom is -0.497 e. The molecule has 0 aliphatic carbocycles. The number of methoxy groups -OCH3 is 1. The first-order valence-corrected chi connectivity index (χ1v) is 10.3. The molecule has 158 valence electrons. The zero-order chi connectivity index (χ0) is 21.8. The van der Waals surface area contributed by atoms with E-state index in [1.807, 2.05) is 54.6 Å². The lowest BCUT2D eigenvalue weighted by Gasteiger charge is -2.39. The predicted molar refractivity (Wildman–Crippen MR) is 118 cm³/mol. The molecular weight excluding hydrogens is 390 g/mol. The number of ether oxygens (including phenoxy) is 1. The molecule has 0 saturated heterocycles. The molecule has 0 fully saturated rings. The molecule has 1 aliphatic heterocycles. The number of nitrogens with zero attached hydrogens (tertiary/aromatic N) is 2. The van der Waals surface area contributed by atoms with Gasteiger partial charge in [-0.1, -0.05) is 30.3 Å². The van der Waals surface area contributed by atoms with Crippen LogP contribution in [0.1, 0.15) is 39.0 Å². The lowest BCUT2D eigenvalue weighted by atomic mass is 9.79. The highest BCUT2D eigenvalue weighted by atomic mass is 16.5. The quantitative estimate of drug-likeness (QED) is 0.670. The number of nitrogens with one attached hydrogen (secondary N) is 1. The number of amides is 2. The van der Waals surface area contributed by atoms with Gasteiger partial charge in [0.25, 0.3) is 5.91 Å². The number of hydrogen-bond acceptors (Lipinski definition) is 4. The number of likely N-dealkylation sites (N-methyl/N-ethyl adjacent to an activating group) is 1. The van der Waals surface area contributed by atoms with Gasteiger partial charge in [-0.15, -0.1) is 0 Å². The fraction of sp³-hybridized carbons (Fsp3) is 0.240. The Kier molecular flexibility index (Phi) is 5.98. The first-order chi connectivity index (χ1) is 15.1. The van der Waals surface area contributed by atoms with Crippen LogP contribution < -0.4 is 10.1 Å². The summed E-state index contributed by atoms with van der Waals surface area (Å²) >= 11 is 0. The van der Waals surface area contributed by atoms with Gasteiger partial charge in [0.2, 0.25) is 5.91 Å². The average molecular weight is 415 g/mol. The van der Waals surface area contributed by atoms with Gasteiger partial charge in [0.05, 0.1) is 19.1 Å². The number of benzene rings is 2. The summed E-state index contributed by atoms with van der Waals surface area (Å²) in [6.07, 6.45) is 4.20. The molecule has 0 saturated carbocycles. The van der Waals surface area contributed by atoms with E-state index in [0.717, 1.165) is 22.4 Å². The van der Waals surface area contributed by atoms with Gasteiger partial charge in [-0.3, -0.25) is 14.6 Å². The van der Waals surface area contributed by atoms with Gasteiger partial charge in [-0.2, -0.15) is 0 Å². The Labute approximate surface area is 181 Å². The number of fused-ring (bicyclic) bond motifs is 1. The molecular formula is C25H25N3O3. The maximum atomic E-state index is 13.4. The SMILES string of the molecule is COc1ccc([C@@H]2[C@H](C(=O)NCCc3ccncc3)c3ccccc3C(=O)N2C)cc1. The molecule has 1 N–H and O–H groups in total. The van der Waals surface area contributed by atoms with Gasteiger partial charge in [-0.05, 0) is 53.4 Å². The van der Waals surface area contributed by atoms with Crippen LogP contribution in [-0.2, 0) is 11.2 Å². The maximum Gasteiger partial charge on any atom is 0.254 e. The molecule has 0 radical (unpaired) electrons. The maximum absolute atomic E-state index is 13.4. The van der Waals surface area contributed by atoms with Crippen molar-refractivity contribution in [3.8, 4) is 5.75 Å². The standard InChI is InChI=1S/C25H25N3O3/c1-28-23(18-7-9-19(31-2)10-8-18)22(20-5-3-4-6-21(20)25(28)30)24(29)27-16-13-17-11-14-26-15-12-17/h3-12,14-15,22-23H,13,16H2,1-2H3,(H,27,29)/t22-,23-/m1/s1. The van der Waals surface area contributed by atoms with Crippen molar-refractivity contribution in [3.63, 3.8) is 0 Å². The first kappa shape index (κ1) is 20.6. The fourth-order valence-electron chi connectivity index (χ4n) is 4.16. The predicted octanol–water partition coefficient (Wildman–Crippen LogP) is 3.36. The minimum absolute atomic E-state index is 0.0859. The fourth-order valence-corrected chi connectivity index (χ4v) is 4.16. The van der Waals surface area contributed by atoms with E-state index in [9.17, 15) is 9.59 Å². The Morgan fingerprint density at radius 2 is 1.77 bits per heavy atom. The molecule has 31 heavy (non-hydrogen) atoms. The summed E-state index contributed by atoms with van der Waals surface area (Å²) in [5, 5.41) is 3.08. The molecule has 4 rings (SSSR count). The summed E-state index contributed by atoms with van der Waals surface area (Å²) in [4.78, 5) is 32.2. The van der Waals surface area contributed by atoms with Crippen LogP contribution in [0.3, 0.4) is 0 Å². The van der Waals surface area contributed by atoms with E-state index in [1.54, 1.807) is 37.5 Å². The highest BCUT2D eigenvalue weighted by Crippen LogP contribution is 2.42. The smallest absolute Gasteiger partial charge is 0.254 e. The van der Waals surface area contributed by atoms with Crippen molar-refractivity contribution in [1.29, 1.82) is 0 Å². The second-order valence-electron chi connectivity index (χ2n) is 7.60. The third kappa shape index (κ3) is 4.14. The van der Waals surface area contributed by atoms with Gasteiger partial charge >= 0.3 is 0 Å². The van der Waals surface area contributed by atoms with Crippen LogP contribution in [0, 0.1) is 0 Å².